The van der Waals surface area contributed by atoms with Gasteiger partial charge in [0.25, 0.3) is 5.56 Å². The monoisotopic (exact) mass is 300 g/mol. The highest BCUT2D eigenvalue weighted by Gasteiger charge is 2.21. The molecule has 1 atom stereocenters. The predicted octanol–water partition coefficient (Wildman–Crippen LogP) is 2.05. The number of carbonyl (C=O) groups excluding carboxylic acids is 1. The molecule has 0 aliphatic rings. The molecular formula is C16H16N2O4. The molecule has 1 aromatic heterocycles. The van der Waals surface area contributed by atoms with Crippen LogP contribution < -0.4 is 10.9 Å². The van der Waals surface area contributed by atoms with Gasteiger partial charge < -0.3 is 10.4 Å². The highest BCUT2D eigenvalue weighted by molar-refractivity contribution is 5.93. The highest BCUT2D eigenvalue weighted by Crippen LogP contribution is 2.12. The zero-order chi connectivity index (χ0) is 16.3. The topological polar surface area (TPSA) is 88.4 Å². The van der Waals surface area contributed by atoms with Crippen LogP contribution in [0.4, 0.5) is 5.69 Å². The molecule has 0 saturated carbocycles. The second-order valence-corrected chi connectivity index (χ2v) is 4.90. The number of hydrogen-bond donors (Lipinski definition) is 2. The average Bonchev–Trinajstić information content (AvgIpc) is 2.47. The van der Waals surface area contributed by atoms with Crippen LogP contribution in [0.3, 0.4) is 0 Å². The Morgan fingerprint density at radius 3 is 2.36 bits per heavy atom. The van der Waals surface area contributed by atoms with Gasteiger partial charge in [0.15, 0.2) is 0 Å². The van der Waals surface area contributed by atoms with E-state index in [1.54, 1.807) is 38.1 Å². The van der Waals surface area contributed by atoms with Gasteiger partial charge in [-0.15, -0.1) is 0 Å². The lowest BCUT2D eigenvalue weighted by Crippen LogP contribution is -2.35. The molecule has 114 valence electrons. The summed E-state index contributed by atoms with van der Waals surface area (Å²) in [6, 6.07) is 10.8. The Hall–Kier alpha value is -2.89. The maximum Gasteiger partial charge on any atom is 0.341 e. The molecule has 0 aliphatic heterocycles. The van der Waals surface area contributed by atoms with E-state index in [-0.39, 0.29) is 11.5 Å². The Labute approximate surface area is 127 Å². The first-order valence-corrected chi connectivity index (χ1v) is 6.73. The third kappa shape index (κ3) is 3.06. The second-order valence-electron chi connectivity index (χ2n) is 4.90. The summed E-state index contributed by atoms with van der Waals surface area (Å²) in [7, 11) is 0. The molecule has 6 nitrogen and oxygen atoms in total. The summed E-state index contributed by atoms with van der Waals surface area (Å²) in [5.74, 6) is -1.70. The van der Waals surface area contributed by atoms with Gasteiger partial charge in [0.1, 0.15) is 11.6 Å². The van der Waals surface area contributed by atoms with Crippen LogP contribution in [-0.4, -0.2) is 21.6 Å². The lowest BCUT2D eigenvalue weighted by molar-refractivity contribution is -0.118. The number of hydrogen-bond acceptors (Lipinski definition) is 3. The second kappa shape index (κ2) is 6.26. The first kappa shape index (κ1) is 15.5. The Bertz CT molecular complexity index is 765. The summed E-state index contributed by atoms with van der Waals surface area (Å²) in [5, 5.41) is 11.7. The molecule has 1 aromatic carbocycles. The average molecular weight is 300 g/mol. The molecule has 6 heteroatoms. The minimum absolute atomic E-state index is 0.357. The molecule has 1 unspecified atom stereocenters. The van der Waals surface area contributed by atoms with Crippen molar-refractivity contribution in [2.24, 2.45) is 0 Å². The Balaban J connectivity index is 2.35. The van der Waals surface area contributed by atoms with Crippen molar-refractivity contribution in [1.29, 1.82) is 0 Å². The molecule has 0 saturated heterocycles. The van der Waals surface area contributed by atoms with Crippen LogP contribution in [0, 0.1) is 6.92 Å². The van der Waals surface area contributed by atoms with E-state index >= 15 is 0 Å². The smallest absolute Gasteiger partial charge is 0.341 e. The lowest BCUT2D eigenvalue weighted by Gasteiger charge is -2.18. The van der Waals surface area contributed by atoms with Crippen LogP contribution in [0.5, 0.6) is 0 Å². The van der Waals surface area contributed by atoms with Gasteiger partial charge in [0.05, 0.1) is 0 Å². The van der Waals surface area contributed by atoms with Crippen LogP contribution in [0.1, 0.15) is 29.0 Å². The number of benzene rings is 1. The summed E-state index contributed by atoms with van der Waals surface area (Å²) in [6.45, 7) is 3.21. The summed E-state index contributed by atoms with van der Waals surface area (Å²) < 4.78 is 1.18. The van der Waals surface area contributed by atoms with Crippen molar-refractivity contribution in [2.75, 3.05) is 5.32 Å². The molecule has 1 amide bonds. The van der Waals surface area contributed by atoms with Crippen molar-refractivity contribution in [2.45, 2.75) is 19.9 Å². The fraction of sp³-hybridized carbons (Fsp3) is 0.188. The van der Waals surface area contributed by atoms with Gasteiger partial charge in [0.2, 0.25) is 5.91 Å². The zero-order valence-corrected chi connectivity index (χ0v) is 12.2. The summed E-state index contributed by atoms with van der Waals surface area (Å²) in [4.78, 5) is 35.6. The SMILES string of the molecule is Cc1ccc(C(=O)O)c(=O)n1C(C)C(=O)Nc1ccccc1. The van der Waals surface area contributed by atoms with Gasteiger partial charge in [-0.2, -0.15) is 0 Å². The molecule has 0 spiro atoms. The first-order chi connectivity index (χ1) is 10.4. The molecule has 2 aromatic rings. The fourth-order valence-corrected chi connectivity index (χ4v) is 2.18. The van der Waals surface area contributed by atoms with Crippen LogP contribution in [0.2, 0.25) is 0 Å². The van der Waals surface area contributed by atoms with E-state index in [2.05, 4.69) is 5.32 Å². The van der Waals surface area contributed by atoms with Crippen LogP contribution in [0.25, 0.3) is 0 Å². The Morgan fingerprint density at radius 1 is 1.14 bits per heavy atom. The number of pyridine rings is 1. The normalized spacial score (nSPS) is 11.7. The largest absolute Gasteiger partial charge is 0.477 e. The number of aromatic carboxylic acids is 1. The minimum Gasteiger partial charge on any atom is -0.477 e. The molecular weight excluding hydrogens is 284 g/mol. The van der Waals surface area contributed by atoms with Crippen LogP contribution in [0.15, 0.2) is 47.3 Å². The molecule has 22 heavy (non-hydrogen) atoms. The number of carbonyl (C=O) groups is 2. The van der Waals surface area contributed by atoms with Gasteiger partial charge >= 0.3 is 5.97 Å². The van der Waals surface area contributed by atoms with Crippen molar-refractivity contribution in [3.63, 3.8) is 0 Å². The number of amides is 1. The quantitative estimate of drug-likeness (QED) is 0.904. The standard InChI is InChI=1S/C16H16N2O4/c1-10-8-9-13(16(21)22)15(20)18(10)11(2)14(19)17-12-6-4-3-5-7-12/h3-9,11H,1-2H3,(H,17,19)(H,21,22). The maximum atomic E-state index is 12.3. The van der Waals surface area contributed by atoms with Crippen LogP contribution in [-0.2, 0) is 4.79 Å². The third-order valence-electron chi connectivity index (χ3n) is 3.36. The van der Waals surface area contributed by atoms with Gasteiger partial charge in [-0.25, -0.2) is 4.79 Å². The maximum absolute atomic E-state index is 12.3. The number of nitrogens with zero attached hydrogens (tertiary/aromatic N) is 1. The molecule has 0 bridgehead atoms. The van der Waals surface area contributed by atoms with Crippen molar-refractivity contribution < 1.29 is 14.7 Å². The van der Waals surface area contributed by atoms with Crippen molar-refractivity contribution >= 4 is 17.6 Å². The molecule has 0 fully saturated rings. The predicted molar refractivity (Wildman–Crippen MR) is 82.2 cm³/mol. The molecule has 2 rings (SSSR count). The van der Waals surface area contributed by atoms with E-state index in [0.717, 1.165) is 0 Å². The van der Waals surface area contributed by atoms with E-state index in [1.165, 1.54) is 16.7 Å². The summed E-state index contributed by atoms with van der Waals surface area (Å²) >= 11 is 0. The molecule has 1 heterocycles. The van der Waals surface area contributed by atoms with E-state index < -0.39 is 17.6 Å². The summed E-state index contributed by atoms with van der Waals surface area (Å²) in [5.41, 5.74) is 0.0818. The number of rotatable bonds is 4. The molecule has 0 aliphatic carbocycles. The summed E-state index contributed by atoms with van der Waals surface area (Å²) in [6.07, 6.45) is 0. The van der Waals surface area contributed by atoms with Crippen molar-refractivity contribution in [3.8, 4) is 0 Å². The number of carboxylic acid groups (broad SMARTS) is 1. The van der Waals surface area contributed by atoms with Gasteiger partial charge in [-0.3, -0.25) is 14.2 Å². The molecule has 0 radical (unpaired) electrons. The number of para-hydroxylation sites is 1. The fourth-order valence-electron chi connectivity index (χ4n) is 2.18. The highest BCUT2D eigenvalue weighted by atomic mass is 16.4. The van der Waals surface area contributed by atoms with Gasteiger partial charge in [0, 0.05) is 11.4 Å². The number of aryl methyl sites for hydroxylation is 1. The third-order valence-corrected chi connectivity index (χ3v) is 3.36. The van der Waals surface area contributed by atoms with Gasteiger partial charge in [-0.05, 0) is 38.1 Å². The molecule has 2 N–H and O–H groups in total. The Kier molecular flexibility index (Phi) is 4.41. The van der Waals surface area contributed by atoms with E-state index in [9.17, 15) is 14.4 Å². The van der Waals surface area contributed by atoms with E-state index in [1.807, 2.05) is 6.07 Å². The Morgan fingerprint density at radius 2 is 1.77 bits per heavy atom. The van der Waals surface area contributed by atoms with Crippen molar-refractivity contribution in [1.82, 2.24) is 4.57 Å². The zero-order valence-electron chi connectivity index (χ0n) is 12.2. The lowest BCUT2D eigenvalue weighted by atomic mass is 10.2. The number of nitrogens with one attached hydrogen (secondary N) is 1. The first-order valence-electron chi connectivity index (χ1n) is 6.73. The minimum atomic E-state index is -1.31. The van der Waals surface area contributed by atoms with E-state index in [4.69, 9.17) is 5.11 Å². The van der Waals surface area contributed by atoms with Crippen molar-refractivity contribution in [3.05, 3.63) is 64.1 Å². The van der Waals surface area contributed by atoms with E-state index in [0.29, 0.717) is 11.4 Å². The van der Waals surface area contributed by atoms with Crippen LogP contribution >= 0.6 is 0 Å². The number of anilines is 1. The number of aromatic nitrogens is 1. The number of carboxylic acids is 1. The van der Waals surface area contributed by atoms with Gasteiger partial charge in [-0.1, -0.05) is 18.2 Å².